The third-order valence-corrected chi connectivity index (χ3v) is 3.22. The number of Topliss-reactive ketones (excluding diaryl/α,β-unsaturated/α-hetero) is 1. The molecule has 0 bridgehead atoms. The number of ether oxygens (including phenoxy) is 2. The Bertz CT molecular complexity index is 441. The molecule has 18 heavy (non-hydrogen) atoms. The number of carbonyl (C=O) groups is 1. The molecule has 1 aliphatic rings. The van der Waals surface area contributed by atoms with Gasteiger partial charge in [-0.25, -0.2) is 4.39 Å². The van der Waals surface area contributed by atoms with Gasteiger partial charge < -0.3 is 9.47 Å². The third kappa shape index (κ3) is 2.88. The third-order valence-electron chi connectivity index (χ3n) is 3.22. The summed E-state index contributed by atoms with van der Waals surface area (Å²) < 4.78 is 23.5. The Hall–Kier alpha value is -1.42. The van der Waals surface area contributed by atoms with E-state index in [0.29, 0.717) is 11.5 Å². The molecule has 1 fully saturated rings. The zero-order valence-electron chi connectivity index (χ0n) is 10.6. The number of methoxy groups -OCH3 is 2. The van der Waals surface area contributed by atoms with Crippen LogP contribution in [0.25, 0.3) is 0 Å². The second-order valence-corrected chi connectivity index (χ2v) is 4.61. The summed E-state index contributed by atoms with van der Waals surface area (Å²) in [5.74, 6) is 0.120. The molecule has 0 aliphatic heterocycles. The van der Waals surface area contributed by atoms with Crippen LogP contribution in [0.15, 0.2) is 18.2 Å². The summed E-state index contributed by atoms with van der Waals surface area (Å²) in [6, 6.07) is 4.59. The van der Waals surface area contributed by atoms with Crippen molar-refractivity contribution in [1.29, 1.82) is 0 Å². The maximum atomic E-state index is 13.5. The number of rotatable bonds is 6. The fourth-order valence-electron chi connectivity index (χ4n) is 2.11. The Morgan fingerprint density at radius 3 is 2.67 bits per heavy atom. The molecule has 1 unspecified atom stereocenters. The van der Waals surface area contributed by atoms with Gasteiger partial charge in [-0.05, 0) is 36.5 Å². The Balaban J connectivity index is 2.04. The number of ketones is 1. The molecular weight excluding hydrogens is 235 g/mol. The molecule has 0 saturated heterocycles. The molecule has 0 aromatic heterocycles. The molecule has 4 heteroatoms. The van der Waals surface area contributed by atoms with Gasteiger partial charge in [0.25, 0.3) is 0 Å². The van der Waals surface area contributed by atoms with Crippen molar-refractivity contribution in [2.75, 3.05) is 14.2 Å². The van der Waals surface area contributed by atoms with E-state index in [4.69, 9.17) is 9.47 Å². The quantitative estimate of drug-likeness (QED) is 0.779. The summed E-state index contributed by atoms with van der Waals surface area (Å²) in [5.41, 5.74) is 0.654. The monoisotopic (exact) mass is 252 g/mol. The first-order chi connectivity index (χ1) is 8.65. The van der Waals surface area contributed by atoms with E-state index in [9.17, 15) is 9.18 Å². The normalized spacial score (nSPS) is 16.4. The maximum absolute atomic E-state index is 13.5. The standard InChI is InChI=1S/C14H17FO3/c1-17-13-6-3-9(7-11(13)15)8-12(16)14(18-2)10-4-5-10/h3,6-7,10,14H,4-5,8H2,1-2H3. The lowest BCUT2D eigenvalue weighted by atomic mass is 10.0. The summed E-state index contributed by atoms with van der Waals surface area (Å²) in [6.45, 7) is 0. The molecule has 1 aromatic rings. The van der Waals surface area contributed by atoms with E-state index in [1.807, 2.05) is 0 Å². The van der Waals surface area contributed by atoms with Gasteiger partial charge in [0.15, 0.2) is 17.3 Å². The van der Waals surface area contributed by atoms with Gasteiger partial charge in [0.1, 0.15) is 6.10 Å². The van der Waals surface area contributed by atoms with Gasteiger partial charge in [-0.15, -0.1) is 0 Å². The number of hydrogen-bond donors (Lipinski definition) is 0. The van der Waals surface area contributed by atoms with E-state index < -0.39 is 5.82 Å². The Morgan fingerprint density at radius 2 is 2.17 bits per heavy atom. The van der Waals surface area contributed by atoms with Crippen molar-refractivity contribution in [3.63, 3.8) is 0 Å². The van der Waals surface area contributed by atoms with Crippen molar-refractivity contribution >= 4 is 5.78 Å². The van der Waals surface area contributed by atoms with Crippen LogP contribution in [0.4, 0.5) is 4.39 Å². The Labute approximate surface area is 106 Å². The van der Waals surface area contributed by atoms with E-state index in [2.05, 4.69) is 0 Å². The van der Waals surface area contributed by atoms with E-state index in [0.717, 1.165) is 12.8 Å². The highest BCUT2D eigenvalue weighted by molar-refractivity contribution is 5.85. The van der Waals surface area contributed by atoms with Gasteiger partial charge in [0, 0.05) is 13.5 Å². The second kappa shape index (κ2) is 5.48. The van der Waals surface area contributed by atoms with Gasteiger partial charge in [-0.1, -0.05) is 6.07 Å². The minimum atomic E-state index is -0.441. The average Bonchev–Trinajstić information content (AvgIpc) is 3.15. The summed E-state index contributed by atoms with van der Waals surface area (Å²) in [6.07, 6.45) is 1.95. The molecule has 0 spiro atoms. The molecule has 1 aliphatic carbocycles. The van der Waals surface area contributed by atoms with Crippen LogP contribution in [0.2, 0.25) is 0 Å². The molecule has 1 aromatic carbocycles. The predicted octanol–water partition coefficient (Wildman–Crippen LogP) is 2.37. The zero-order valence-corrected chi connectivity index (χ0v) is 10.6. The molecular formula is C14H17FO3. The van der Waals surface area contributed by atoms with Gasteiger partial charge in [-0.2, -0.15) is 0 Å². The molecule has 3 nitrogen and oxygen atoms in total. The highest BCUT2D eigenvalue weighted by Crippen LogP contribution is 2.35. The van der Waals surface area contributed by atoms with Crippen molar-refractivity contribution < 1.29 is 18.7 Å². The molecule has 2 rings (SSSR count). The highest BCUT2D eigenvalue weighted by Gasteiger charge is 2.35. The molecule has 0 N–H and O–H groups in total. The van der Waals surface area contributed by atoms with E-state index in [1.54, 1.807) is 13.2 Å². The minimum Gasteiger partial charge on any atom is -0.494 e. The van der Waals surface area contributed by atoms with Crippen molar-refractivity contribution in [1.82, 2.24) is 0 Å². The van der Waals surface area contributed by atoms with E-state index >= 15 is 0 Å². The van der Waals surface area contributed by atoms with Crippen molar-refractivity contribution in [3.8, 4) is 5.75 Å². The molecule has 0 amide bonds. The first-order valence-corrected chi connectivity index (χ1v) is 6.03. The fraction of sp³-hybridized carbons (Fsp3) is 0.500. The SMILES string of the molecule is COc1ccc(CC(=O)C(OC)C2CC2)cc1F. The van der Waals surface area contributed by atoms with Crippen LogP contribution in [0, 0.1) is 11.7 Å². The van der Waals surface area contributed by atoms with Crippen LogP contribution in [0.5, 0.6) is 5.75 Å². The Morgan fingerprint density at radius 1 is 1.44 bits per heavy atom. The number of halogens is 1. The van der Waals surface area contributed by atoms with Crippen LogP contribution in [0.3, 0.4) is 0 Å². The number of carbonyl (C=O) groups excluding carboxylic acids is 1. The van der Waals surface area contributed by atoms with Crippen molar-refractivity contribution in [2.45, 2.75) is 25.4 Å². The summed E-state index contributed by atoms with van der Waals surface area (Å²) in [4.78, 5) is 12.0. The van der Waals surface area contributed by atoms with Crippen LogP contribution < -0.4 is 4.74 Å². The lowest BCUT2D eigenvalue weighted by molar-refractivity contribution is -0.129. The smallest absolute Gasteiger partial charge is 0.166 e. The van der Waals surface area contributed by atoms with E-state index in [1.165, 1.54) is 19.2 Å². The number of benzene rings is 1. The molecule has 1 atom stereocenters. The van der Waals surface area contributed by atoms with Crippen LogP contribution >= 0.6 is 0 Å². The maximum Gasteiger partial charge on any atom is 0.166 e. The second-order valence-electron chi connectivity index (χ2n) is 4.61. The Kier molecular flexibility index (Phi) is 3.97. The van der Waals surface area contributed by atoms with Gasteiger partial charge in [0.05, 0.1) is 7.11 Å². The lowest BCUT2D eigenvalue weighted by Gasteiger charge is -2.13. The summed E-state index contributed by atoms with van der Waals surface area (Å²) >= 11 is 0. The van der Waals surface area contributed by atoms with Gasteiger partial charge >= 0.3 is 0 Å². The van der Waals surface area contributed by atoms with Crippen LogP contribution in [0.1, 0.15) is 18.4 Å². The van der Waals surface area contributed by atoms with Crippen LogP contribution in [-0.2, 0) is 16.0 Å². The molecule has 0 radical (unpaired) electrons. The lowest BCUT2D eigenvalue weighted by Crippen LogP contribution is -2.26. The largest absolute Gasteiger partial charge is 0.494 e. The summed E-state index contributed by atoms with van der Waals surface area (Å²) in [7, 11) is 2.97. The average molecular weight is 252 g/mol. The van der Waals surface area contributed by atoms with Crippen molar-refractivity contribution in [2.24, 2.45) is 5.92 Å². The minimum absolute atomic E-state index is 0.0181. The van der Waals surface area contributed by atoms with Gasteiger partial charge in [0.2, 0.25) is 0 Å². The number of hydrogen-bond acceptors (Lipinski definition) is 3. The first-order valence-electron chi connectivity index (χ1n) is 6.03. The summed E-state index contributed by atoms with van der Waals surface area (Å²) in [5, 5.41) is 0. The molecule has 1 saturated carbocycles. The van der Waals surface area contributed by atoms with E-state index in [-0.39, 0.29) is 24.1 Å². The predicted molar refractivity (Wildman–Crippen MR) is 65.2 cm³/mol. The van der Waals surface area contributed by atoms with Crippen molar-refractivity contribution in [3.05, 3.63) is 29.6 Å². The van der Waals surface area contributed by atoms with Crippen LogP contribution in [-0.4, -0.2) is 26.1 Å². The topological polar surface area (TPSA) is 35.5 Å². The fourth-order valence-corrected chi connectivity index (χ4v) is 2.11. The van der Waals surface area contributed by atoms with Gasteiger partial charge in [-0.3, -0.25) is 4.79 Å². The zero-order chi connectivity index (χ0) is 13.1. The first kappa shape index (κ1) is 13.0. The molecule has 0 heterocycles. The highest BCUT2D eigenvalue weighted by atomic mass is 19.1. The molecule has 98 valence electrons.